The van der Waals surface area contributed by atoms with E-state index in [1.165, 1.54) is 27.8 Å². The Morgan fingerprint density at radius 3 is 2.27 bits per heavy atom. The predicted molar refractivity (Wildman–Crippen MR) is 104 cm³/mol. The summed E-state index contributed by atoms with van der Waals surface area (Å²) in [4.78, 5) is 13.6. The van der Waals surface area contributed by atoms with Crippen molar-refractivity contribution in [3.05, 3.63) is 76.9 Å². The van der Waals surface area contributed by atoms with Crippen molar-refractivity contribution in [2.75, 3.05) is 19.6 Å². The number of nitrogens with zero attached hydrogens (tertiary/aromatic N) is 1. The zero-order chi connectivity index (χ0) is 17.9. The Kier molecular flexibility index (Phi) is 4.89. The normalized spacial score (nSPS) is 20.0. The van der Waals surface area contributed by atoms with Gasteiger partial charge in [-0.25, -0.2) is 0 Å². The Labute approximate surface area is 155 Å². The molecule has 134 valence electrons. The molecule has 0 amide bonds. The standard InChI is InChI=1S/C23H25NO2/c25-23(26)19-8-5-14-24(16-19)15-13-22-20-9-3-1-6-17(20)11-12-18-7-2-4-10-21(18)22/h1-4,6-7,9-10,13,19H,5,8,11-12,14-16H2,(H,25,26)/t19-/m1/s1. The lowest BCUT2D eigenvalue weighted by Crippen LogP contribution is -2.38. The number of carboxylic acids is 1. The van der Waals surface area contributed by atoms with Crippen molar-refractivity contribution in [3.8, 4) is 0 Å². The van der Waals surface area contributed by atoms with Crippen molar-refractivity contribution in [1.82, 2.24) is 4.90 Å². The fourth-order valence-corrected chi connectivity index (χ4v) is 4.28. The Balaban J connectivity index is 1.66. The Hall–Kier alpha value is -2.39. The molecule has 26 heavy (non-hydrogen) atoms. The van der Waals surface area contributed by atoms with Gasteiger partial charge in [0.2, 0.25) is 0 Å². The number of hydrogen-bond acceptors (Lipinski definition) is 2. The number of likely N-dealkylation sites (tertiary alicyclic amines) is 1. The van der Waals surface area contributed by atoms with E-state index >= 15 is 0 Å². The molecule has 0 bridgehead atoms. The molecule has 0 saturated carbocycles. The van der Waals surface area contributed by atoms with Crippen molar-refractivity contribution in [2.45, 2.75) is 25.7 Å². The summed E-state index contributed by atoms with van der Waals surface area (Å²) in [5.74, 6) is -0.886. The number of aryl methyl sites for hydroxylation is 2. The third-order valence-corrected chi connectivity index (χ3v) is 5.69. The van der Waals surface area contributed by atoms with E-state index in [0.717, 1.165) is 38.8 Å². The van der Waals surface area contributed by atoms with Gasteiger partial charge in [-0.2, -0.15) is 0 Å². The molecule has 0 unspecified atom stereocenters. The van der Waals surface area contributed by atoms with Crippen LogP contribution >= 0.6 is 0 Å². The minimum atomic E-state index is -0.660. The number of fused-ring (bicyclic) bond motifs is 2. The predicted octanol–water partition coefficient (Wildman–Crippen LogP) is 4.01. The molecule has 1 atom stereocenters. The van der Waals surface area contributed by atoms with Gasteiger partial charge in [-0.1, -0.05) is 54.6 Å². The van der Waals surface area contributed by atoms with Crippen LogP contribution in [0.15, 0.2) is 54.6 Å². The summed E-state index contributed by atoms with van der Waals surface area (Å²) in [7, 11) is 0. The van der Waals surface area contributed by atoms with Gasteiger partial charge in [0.25, 0.3) is 0 Å². The van der Waals surface area contributed by atoms with E-state index in [0.29, 0.717) is 6.54 Å². The maximum Gasteiger partial charge on any atom is 0.307 e. The lowest BCUT2D eigenvalue weighted by atomic mass is 9.93. The summed E-state index contributed by atoms with van der Waals surface area (Å²) in [5, 5.41) is 9.33. The van der Waals surface area contributed by atoms with Crippen LogP contribution in [0.3, 0.4) is 0 Å². The van der Waals surface area contributed by atoms with Gasteiger partial charge in [0, 0.05) is 13.1 Å². The molecular formula is C23H25NO2. The van der Waals surface area contributed by atoms with Crippen LogP contribution in [0.25, 0.3) is 5.57 Å². The Morgan fingerprint density at radius 1 is 1.04 bits per heavy atom. The van der Waals surface area contributed by atoms with E-state index in [-0.39, 0.29) is 5.92 Å². The number of rotatable bonds is 3. The second-order valence-electron chi connectivity index (χ2n) is 7.37. The lowest BCUT2D eigenvalue weighted by Gasteiger charge is -2.30. The fourth-order valence-electron chi connectivity index (χ4n) is 4.28. The molecule has 1 heterocycles. The van der Waals surface area contributed by atoms with E-state index in [9.17, 15) is 9.90 Å². The minimum absolute atomic E-state index is 0.226. The Morgan fingerprint density at radius 2 is 1.65 bits per heavy atom. The molecule has 0 spiro atoms. The van der Waals surface area contributed by atoms with Crippen LogP contribution in [-0.2, 0) is 17.6 Å². The number of piperidine rings is 1. The maximum absolute atomic E-state index is 11.3. The first kappa shape index (κ1) is 17.0. The quantitative estimate of drug-likeness (QED) is 0.912. The van der Waals surface area contributed by atoms with E-state index < -0.39 is 5.97 Å². The highest BCUT2D eigenvalue weighted by molar-refractivity contribution is 5.84. The number of aliphatic carboxylic acids is 1. The second-order valence-corrected chi connectivity index (χ2v) is 7.37. The second kappa shape index (κ2) is 7.46. The molecule has 1 fully saturated rings. The largest absolute Gasteiger partial charge is 0.481 e. The van der Waals surface area contributed by atoms with Gasteiger partial charge in [0.15, 0.2) is 0 Å². The Bertz CT molecular complexity index is 790. The summed E-state index contributed by atoms with van der Waals surface area (Å²) in [6, 6.07) is 17.4. The zero-order valence-electron chi connectivity index (χ0n) is 15.0. The monoisotopic (exact) mass is 347 g/mol. The van der Waals surface area contributed by atoms with Gasteiger partial charge in [-0.15, -0.1) is 0 Å². The molecule has 3 heteroatoms. The average molecular weight is 347 g/mol. The van der Waals surface area contributed by atoms with Crippen molar-refractivity contribution < 1.29 is 9.90 Å². The molecule has 3 nitrogen and oxygen atoms in total. The van der Waals surface area contributed by atoms with Gasteiger partial charge in [0.1, 0.15) is 0 Å². The van der Waals surface area contributed by atoms with Crippen LogP contribution in [0.2, 0.25) is 0 Å². The average Bonchev–Trinajstić information content (AvgIpc) is 2.83. The maximum atomic E-state index is 11.3. The van der Waals surface area contributed by atoms with Gasteiger partial charge in [-0.3, -0.25) is 9.69 Å². The van der Waals surface area contributed by atoms with Crippen LogP contribution in [0.4, 0.5) is 0 Å². The number of benzene rings is 2. The van der Waals surface area contributed by atoms with E-state index in [1.54, 1.807) is 0 Å². The minimum Gasteiger partial charge on any atom is -0.481 e. The van der Waals surface area contributed by atoms with Crippen molar-refractivity contribution in [1.29, 1.82) is 0 Å². The van der Waals surface area contributed by atoms with Crippen molar-refractivity contribution in [3.63, 3.8) is 0 Å². The molecule has 0 aromatic heterocycles. The lowest BCUT2D eigenvalue weighted by molar-refractivity contribution is -0.143. The molecular weight excluding hydrogens is 322 g/mol. The third kappa shape index (κ3) is 3.45. The molecule has 0 radical (unpaired) electrons. The smallest absolute Gasteiger partial charge is 0.307 e. The van der Waals surface area contributed by atoms with Crippen molar-refractivity contribution >= 4 is 11.5 Å². The third-order valence-electron chi connectivity index (χ3n) is 5.69. The molecule has 2 aromatic carbocycles. The molecule has 2 aromatic rings. The molecule has 1 aliphatic carbocycles. The summed E-state index contributed by atoms with van der Waals surface area (Å²) in [6.07, 6.45) is 6.21. The summed E-state index contributed by atoms with van der Waals surface area (Å²) >= 11 is 0. The SMILES string of the molecule is O=C(O)[C@@H]1CCCN(CC=C2c3ccccc3CCc3ccccc32)C1. The van der Waals surface area contributed by atoms with Crippen LogP contribution in [0, 0.1) is 5.92 Å². The topological polar surface area (TPSA) is 40.5 Å². The van der Waals surface area contributed by atoms with Gasteiger partial charge in [-0.05, 0) is 60.1 Å². The number of carbonyl (C=O) groups is 1. The van der Waals surface area contributed by atoms with E-state index in [2.05, 4.69) is 59.5 Å². The van der Waals surface area contributed by atoms with Crippen LogP contribution in [0.1, 0.15) is 35.1 Å². The van der Waals surface area contributed by atoms with Gasteiger partial charge >= 0.3 is 5.97 Å². The van der Waals surface area contributed by atoms with Crippen molar-refractivity contribution in [2.24, 2.45) is 5.92 Å². The first-order valence-electron chi connectivity index (χ1n) is 9.54. The first-order valence-corrected chi connectivity index (χ1v) is 9.54. The molecule has 1 saturated heterocycles. The molecule has 1 N–H and O–H groups in total. The van der Waals surface area contributed by atoms with Gasteiger partial charge < -0.3 is 5.11 Å². The summed E-state index contributed by atoms with van der Waals surface area (Å²) in [5.41, 5.74) is 6.74. The first-order chi connectivity index (χ1) is 12.7. The summed E-state index contributed by atoms with van der Waals surface area (Å²) < 4.78 is 0. The van der Waals surface area contributed by atoms with Gasteiger partial charge in [0.05, 0.1) is 5.92 Å². The fraction of sp³-hybridized carbons (Fsp3) is 0.348. The highest BCUT2D eigenvalue weighted by atomic mass is 16.4. The highest BCUT2D eigenvalue weighted by Crippen LogP contribution is 2.33. The van der Waals surface area contributed by atoms with E-state index in [1.807, 2.05) is 0 Å². The van der Waals surface area contributed by atoms with Crippen LogP contribution in [-0.4, -0.2) is 35.6 Å². The van der Waals surface area contributed by atoms with E-state index in [4.69, 9.17) is 0 Å². The van der Waals surface area contributed by atoms with Crippen LogP contribution < -0.4 is 0 Å². The highest BCUT2D eigenvalue weighted by Gasteiger charge is 2.25. The molecule has 4 rings (SSSR count). The number of hydrogen-bond donors (Lipinski definition) is 1. The zero-order valence-corrected chi connectivity index (χ0v) is 15.0. The number of carboxylic acid groups (broad SMARTS) is 1. The summed E-state index contributed by atoms with van der Waals surface area (Å²) in [6.45, 7) is 2.45. The van der Waals surface area contributed by atoms with Crippen LogP contribution in [0.5, 0.6) is 0 Å². The molecule has 1 aliphatic heterocycles. The molecule has 2 aliphatic rings.